The summed E-state index contributed by atoms with van der Waals surface area (Å²) >= 11 is 0. The van der Waals surface area contributed by atoms with E-state index in [2.05, 4.69) is 43.5 Å². The topological polar surface area (TPSA) is 124 Å². The highest BCUT2D eigenvalue weighted by Crippen LogP contribution is 2.14. The van der Waals surface area contributed by atoms with Crippen molar-refractivity contribution in [2.45, 2.75) is 212 Å². The second-order valence-corrected chi connectivity index (χ2v) is 15.5. The lowest BCUT2D eigenvalue weighted by atomic mass is 10.0. The number of unbranched alkanes of at least 4 members (excludes halogenated alkanes) is 23. The molecule has 288 valence electrons. The number of amides is 1. The monoisotopic (exact) mass is 712 g/mol. The number of allylic oxidation sites excluding steroid dienone is 5. The Hall–Kier alpha value is -1.48. The van der Waals surface area contributed by atoms with Crippen LogP contribution in [0.5, 0.6) is 0 Å². The number of aliphatic hydroxyl groups excluding tert-OH is 2. The van der Waals surface area contributed by atoms with Crippen molar-refractivity contribution in [3.8, 4) is 0 Å². The van der Waals surface area contributed by atoms with Crippen LogP contribution in [-0.2, 0) is 14.9 Å². The number of aliphatic hydroxyl groups is 2. The third-order valence-electron chi connectivity index (χ3n) is 9.15. The van der Waals surface area contributed by atoms with Crippen molar-refractivity contribution in [3.05, 3.63) is 36.5 Å². The summed E-state index contributed by atoms with van der Waals surface area (Å²) in [7, 11) is -4.45. The lowest BCUT2D eigenvalue weighted by molar-refractivity contribution is -0.130. The molecular weight excluding hydrogens is 635 g/mol. The Kier molecular flexibility index (Phi) is 33.9. The van der Waals surface area contributed by atoms with Gasteiger partial charge in [0.25, 0.3) is 10.1 Å². The van der Waals surface area contributed by atoms with E-state index in [0.29, 0.717) is 12.8 Å². The van der Waals surface area contributed by atoms with E-state index < -0.39 is 40.0 Å². The second kappa shape index (κ2) is 34.9. The zero-order chi connectivity index (χ0) is 36.3. The van der Waals surface area contributed by atoms with Gasteiger partial charge in [-0.05, 0) is 57.8 Å². The summed E-state index contributed by atoms with van der Waals surface area (Å²) in [6, 6.07) is -1.26. The van der Waals surface area contributed by atoms with Crippen molar-refractivity contribution < 1.29 is 28.0 Å². The number of carbonyl (C=O) groups excluding carboxylic acids is 1. The first-order valence-electron chi connectivity index (χ1n) is 20.3. The van der Waals surface area contributed by atoms with Crippen LogP contribution < -0.4 is 5.32 Å². The van der Waals surface area contributed by atoms with Crippen molar-refractivity contribution in [1.82, 2.24) is 5.32 Å². The molecule has 49 heavy (non-hydrogen) atoms. The van der Waals surface area contributed by atoms with Gasteiger partial charge in [0.05, 0.1) is 17.9 Å². The molecule has 8 heteroatoms. The summed E-state index contributed by atoms with van der Waals surface area (Å²) in [5, 5.41) is 23.3. The van der Waals surface area contributed by atoms with E-state index in [-0.39, 0.29) is 6.42 Å². The maximum atomic E-state index is 12.5. The molecular formula is C41H77NO6S. The van der Waals surface area contributed by atoms with Gasteiger partial charge in [-0.3, -0.25) is 9.35 Å². The lowest BCUT2D eigenvalue weighted by Gasteiger charge is -2.22. The zero-order valence-corrected chi connectivity index (χ0v) is 32.5. The SMILES string of the molecule is CCCCCCCC/C=C\CCCCC(O)C(=O)NC(CS(=O)(=O)O)C(O)/C=C/CC/C=C/CCCCCCCCCCCCCCCC. The Bertz CT molecular complexity index is 932. The van der Waals surface area contributed by atoms with Gasteiger partial charge in [-0.25, -0.2) is 0 Å². The van der Waals surface area contributed by atoms with Crippen molar-refractivity contribution >= 4 is 16.0 Å². The van der Waals surface area contributed by atoms with Crippen LogP contribution in [0.3, 0.4) is 0 Å². The fourth-order valence-corrected chi connectivity index (χ4v) is 6.73. The predicted octanol–water partition coefficient (Wildman–Crippen LogP) is 10.7. The van der Waals surface area contributed by atoms with Crippen molar-refractivity contribution in [3.63, 3.8) is 0 Å². The van der Waals surface area contributed by atoms with Crippen LogP contribution >= 0.6 is 0 Å². The molecule has 0 radical (unpaired) electrons. The molecule has 0 heterocycles. The quantitative estimate of drug-likeness (QED) is 0.0291. The first kappa shape index (κ1) is 47.5. The van der Waals surface area contributed by atoms with Crippen LogP contribution in [0.25, 0.3) is 0 Å². The highest BCUT2D eigenvalue weighted by atomic mass is 32.2. The molecule has 0 fully saturated rings. The van der Waals surface area contributed by atoms with Crippen molar-refractivity contribution in [1.29, 1.82) is 0 Å². The van der Waals surface area contributed by atoms with Gasteiger partial charge in [0, 0.05) is 0 Å². The standard InChI is InChI=1S/C41H77NO6S/c1-3-5-7-9-11-13-15-17-18-19-20-21-22-23-24-26-27-29-31-33-35-39(43)38(37-49(46,47)48)42-41(45)40(44)36-34-32-30-28-25-16-14-12-10-8-6-4-2/h25-28,33,35,38-40,43-44H,3-24,29-32,34,36-37H2,1-2H3,(H,42,45)(H,46,47,48)/b27-26+,28-25-,35-33+. The number of hydrogen-bond acceptors (Lipinski definition) is 5. The van der Waals surface area contributed by atoms with Crippen LogP contribution in [0.1, 0.15) is 194 Å². The molecule has 0 saturated carbocycles. The molecule has 7 nitrogen and oxygen atoms in total. The van der Waals surface area contributed by atoms with Gasteiger partial charge in [-0.15, -0.1) is 0 Å². The van der Waals surface area contributed by atoms with Gasteiger partial charge >= 0.3 is 0 Å². The van der Waals surface area contributed by atoms with Crippen LogP contribution in [-0.4, -0.2) is 53.1 Å². The Morgan fingerprint density at radius 3 is 1.35 bits per heavy atom. The maximum absolute atomic E-state index is 12.5. The molecule has 0 saturated heterocycles. The molecule has 0 aromatic carbocycles. The van der Waals surface area contributed by atoms with Crippen LogP contribution in [0.4, 0.5) is 0 Å². The average Bonchev–Trinajstić information content (AvgIpc) is 3.06. The van der Waals surface area contributed by atoms with E-state index in [1.165, 1.54) is 134 Å². The van der Waals surface area contributed by atoms with Crippen LogP contribution in [0.15, 0.2) is 36.5 Å². The minimum atomic E-state index is -4.45. The van der Waals surface area contributed by atoms with Gasteiger partial charge in [0.2, 0.25) is 5.91 Å². The summed E-state index contributed by atoms with van der Waals surface area (Å²) in [5.74, 6) is -1.58. The van der Waals surface area contributed by atoms with Gasteiger partial charge in [0.15, 0.2) is 0 Å². The van der Waals surface area contributed by atoms with E-state index in [9.17, 15) is 28.0 Å². The molecule has 0 aliphatic rings. The van der Waals surface area contributed by atoms with E-state index in [0.717, 1.165) is 32.1 Å². The number of carbonyl (C=O) groups is 1. The molecule has 0 aromatic rings. The smallest absolute Gasteiger partial charge is 0.267 e. The number of rotatable bonds is 36. The molecule has 3 unspecified atom stereocenters. The summed E-state index contributed by atoms with van der Waals surface area (Å²) in [4.78, 5) is 12.5. The van der Waals surface area contributed by atoms with Gasteiger partial charge in [-0.1, -0.05) is 172 Å². The Balaban J connectivity index is 4.10. The lowest BCUT2D eigenvalue weighted by Crippen LogP contribution is -2.50. The molecule has 0 aliphatic heterocycles. The number of nitrogens with one attached hydrogen (secondary N) is 1. The van der Waals surface area contributed by atoms with Crippen molar-refractivity contribution in [2.24, 2.45) is 0 Å². The van der Waals surface area contributed by atoms with E-state index in [4.69, 9.17) is 0 Å². The van der Waals surface area contributed by atoms with Gasteiger partial charge < -0.3 is 15.5 Å². The summed E-state index contributed by atoms with van der Waals surface area (Å²) in [6.45, 7) is 4.49. The first-order valence-corrected chi connectivity index (χ1v) is 21.9. The molecule has 1 amide bonds. The Morgan fingerprint density at radius 1 is 0.551 bits per heavy atom. The zero-order valence-electron chi connectivity index (χ0n) is 31.7. The highest BCUT2D eigenvalue weighted by molar-refractivity contribution is 7.85. The summed E-state index contributed by atoms with van der Waals surface area (Å²) in [5.41, 5.74) is 0. The normalized spacial score (nSPS) is 14.3. The van der Waals surface area contributed by atoms with Crippen LogP contribution in [0, 0.1) is 0 Å². The molecule has 4 N–H and O–H groups in total. The van der Waals surface area contributed by atoms with E-state index in [1.54, 1.807) is 6.08 Å². The predicted molar refractivity (Wildman–Crippen MR) is 208 cm³/mol. The molecule has 0 rings (SSSR count). The molecule has 0 spiro atoms. The van der Waals surface area contributed by atoms with Gasteiger partial charge in [-0.2, -0.15) is 8.42 Å². The fraction of sp³-hybridized carbons (Fsp3) is 0.829. The third kappa shape index (κ3) is 34.7. The second-order valence-electron chi connectivity index (χ2n) is 14.0. The Morgan fingerprint density at radius 2 is 0.918 bits per heavy atom. The molecule has 0 aliphatic carbocycles. The van der Waals surface area contributed by atoms with E-state index >= 15 is 0 Å². The Labute approximate surface area is 302 Å². The maximum Gasteiger partial charge on any atom is 0.267 e. The largest absolute Gasteiger partial charge is 0.387 e. The van der Waals surface area contributed by atoms with Crippen molar-refractivity contribution in [2.75, 3.05) is 5.75 Å². The summed E-state index contributed by atoms with van der Waals surface area (Å²) in [6.07, 6.45) is 42.1. The van der Waals surface area contributed by atoms with Gasteiger partial charge in [0.1, 0.15) is 6.10 Å². The third-order valence-corrected chi connectivity index (χ3v) is 9.93. The fourth-order valence-electron chi connectivity index (χ4n) is 6.00. The highest BCUT2D eigenvalue weighted by Gasteiger charge is 2.27. The molecule has 0 bridgehead atoms. The number of hydrogen-bond donors (Lipinski definition) is 4. The van der Waals surface area contributed by atoms with Crippen LogP contribution in [0.2, 0.25) is 0 Å². The average molecular weight is 712 g/mol. The summed E-state index contributed by atoms with van der Waals surface area (Å²) < 4.78 is 32.4. The molecule has 3 atom stereocenters. The molecule has 0 aromatic heterocycles. The first-order chi connectivity index (χ1) is 23.7. The van der Waals surface area contributed by atoms with E-state index in [1.807, 2.05) is 0 Å². The minimum Gasteiger partial charge on any atom is -0.387 e. The minimum absolute atomic E-state index is 0.243.